The maximum Gasteiger partial charge on any atom is 0.277 e. The second kappa shape index (κ2) is 5.60. The van der Waals surface area contributed by atoms with Gasteiger partial charge in [0.25, 0.3) is 5.91 Å². The van der Waals surface area contributed by atoms with Gasteiger partial charge in [-0.3, -0.25) is 9.78 Å². The summed E-state index contributed by atoms with van der Waals surface area (Å²) < 4.78 is 5.16. The smallest absolute Gasteiger partial charge is 0.277 e. The molecule has 0 atom stereocenters. The van der Waals surface area contributed by atoms with Crippen LogP contribution in [-0.2, 0) is 0 Å². The van der Waals surface area contributed by atoms with E-state index in [0.717, 1.165) is 11.3 Å². The molecular formula is C14H12N6O2. The van der Waals surface area contributed by atoms with Crippen molar-refractivity contribution in [2.24, 2.45) is 10.9 Å². The Hall–Kier alpha value is -3.29. The highest BCUT2D eigenvalue weighted by molar-refractivity contribution is 6.06. The average Bonchev–Trinajstić information content (AvgIpc) is 2.91. The van der Waals surface area contributed by atoms with Crippen molar-refractivity contribution in [2.45, 2.75) is 6.92 Å². The summed E-state index contributed by atoms with van der Waals surface area (Å²) in [5.41, 5.74) is 2.24. The van der Waals surface area contributed by atoms with Gasteiger partial charge in [-0.2, -0.15) is 5.10 Å². The lowest BCUT2D eigenvalue weighted by Crippen LogP contribution is -2.14. The van der Waals surface area contributed by atoms with E-state index >= 15 is 0 Å². The third-order valence-corrected chi connectivity index (χ3v) is 2.96. The number of fused-ring (bicyclic) bond motifs is 1. The molecule has 0 aliphatic rings. The van der Waals surface area contributed by atoms with Crippen molar-refractivity contribution < 1.29 is 9.32 Å². The molecule has 2 heterocycles. The molecule has 110 valence electrons. The highest BCUT2D eigenvalue weighted by Crippen LogP contribution is 2.23. The molecule has 0 radical (unpaired) electrons. The van der Waals surface area contributed by atoms with Gasteiger partial charge in [-0.25, -0.2) is 4.98 Å². The van der Waals surface area contributed by atoms with Gasteiger partial charge in [-0.1, -0.05) is 5.16 Å². The molecule has 8 nitrogen and oxygen atoms in total. The zero-order valence-corrected chi connectivity index (χ0v) is 11.6. The molecule has 2 aromatic heterocycles. The van der Waals surface area contributed by atoms with E-state index in [9.17, 15) is 4.79 Å². The number of nitrogens with zero attached hydrogens (tertiary/aromatic N) is 4. The normalized spacial score (nSPS) is 11.1. The maximum absolute atomic E-state index is 12.1. The van der Waals surface area contributed by atoms with E-state index in [2.05, 4.69) is 25.5 Å². The van der Waals surface area contributed by atoms with Gasteiger partial charge in [0, 0.05) is 6.20 Å². The van der Waals surface area contributed by atoms with E-state index < -0.39 is 5.91 Å². The van der Waals surface area contributed by atoms with Crippen LogP contribution in [0.4, 0.5) is 5.82 Å². The van der Waals surface area contributed by atoms with Crippen molar-refractivity contribution in [1.82, 2.24) is 15.1 Å². The molecule has 0 saturated carbocycles. The first-order valence-corrected chi connectivity index (χ1v) is 6.40. The fraction of sp³-hybridized carbons (Fsp3) is 0.0714. The lowest BCUT2D eigenvalue weighted by Gasteiger charge is -2.01. The van der Waals surface area contributed by atoms with Gasteiger partial charge in [-0.15, -0.1) is 0 Å². The second-order valence-electron chi connectivity index (χ2n) is 4.56. The number of amides is 1. The van der Waals surface area contributed by atoms with Gasteiger partial charge >= 0.3 is 0 Å². The van der Waals surface area contributed by atoms with Crippen LogP contribution in [0.2, 0.25) is 0 Å². The molecule has 0 unspecified atom stereocenters. The summed E-state index contributed by atoms with van der Waals surface area (Å²) in [6.45, 7) is 1.79. The minimum Gasteiger partial charge on any atom is -0.354 e. The Morgan fingerprint density at radius 1 is 1.36 bits per heavy atom. The molecule has 0 bridgehead atoms. The average molecular weight is 296 g/mol. The van der Waals surface area contributed by atoms with Gasteiger partial charge in [0.05, 0.1) is 23.5 Å². The highest BCUT2D eigenvalue weighted by Gasteiger charge is 2.14. The van der Waals surface area contributed by atoms with E-state index in [0.29, 0.717) is 16.8 Å². The number of hydrogen-bond donors (Lipinski definition) is 2. The molecule has 0 aliphatic heterocycles. The Morgan fingerprint density at radius 3 is 2.95 bits per heavy atom. The fourth-order valence-electron chi connectivity index (χ4n) is 1.89. The number of nitrogens with one attached hydrogen (secondary N) is 1. The Kier molecular flexibility index (Phi) is 3.48. The van der Waals surface area contributed by atoms with Crippen molar-refractivity contribution in [3.63, 3.8) is 0 Å². The van der Waals surface area contributed by atoms with E-state index in [1.54, 1.807) is 25.1 Å². The molecule has 3 aromatic rings. The molecule has 1 aromatic carbocycles. The standard InChI is InChI=1S/C14H12N6O2/c1-8-5-17-11(7-16-8)14(21)19-13-10-4-9(6-18-15)2-3-12(10)22-20-13/h2-7H,15H2,1H3,(H,19,20,21). The topological polar surface area (TPSA) is 119 Å². The van der Waals surface area contributed by atoms with Gasteiger partial charge in [-0.05, 0) is 30.7 Å². The lowest BCUT2D eigenvalue weighted by atomic mass is 10.2. The molecule has 8 heteroatoms. The van der Waals surface area contributed by atoms with Crippen molar-refractivity contribution in [1.29, 1.82) is 0 Å². The molecule has 0 fully saturated rings. The number of nitrogens with two attached hydrogens (primary N) is 1. The van der Waals surface area contributed by atoms with Crippen LogP contribution in [0.15, 0.2) is 40.2 Å². The van der Waals surface area contributed by atoms with Crippen LogP contribution in [0.1, 0.15) is 21.7 Å². The number of aromatic nitrogens is 3. The van der Waals surface area contributed by atoms with Crippen molar-refractivity contribution in [3.8, 4) is 0 Å². The van der Waals surface area contributed by atoms with Crippen molar-refractivity contribution in [3.05, 3.63) is 47.5 Å². The number of carbonyl (C=O) groups is 1. The minimum atomic E-state index is -0.416. The van der Waals surface area contributed by atoms with Crippen LogP contribution >= 0.6 is 0 Å². The quantitative estimate of drug-likeness (QED) is 0.429. The molecule has 0 spiro atoms. The summed E-state index contributed by atoms with van der Waals surface area (Å²) in [6.07, 6.45) is 4.41. The second-order valence-corrected chi connectivity index (χ2v) is 4.56. The zero-order valence-electron chi connectivity index (χ0n) is 11.6. The largest absolute Gasteiger partial charge is 0.354 e. The third kappa shape index (κ3) is 2.62. The summed E-state index contributed by atoms with van der Waals surface area (Å²) in [5, 5.41) is 10.6. The van der Waals surface area contributed by atoms with Crippen molar-refractivity contribution >= 4 is 28.9 Å². The predicted octanol–water partition coefficient (Wildman–Crippen LogP) is 1.47. The Labute approximate surface area is 125 Å². The lowest BCUT2D eigenvalue weighted by molar-refractivity contribution is 0.102. The number of carbonyl (C=O) groups excluding carboxylic acids is 1. The Morgan fingerprint density at radius 2 is 2.23 bits per heavy atom. The molecule has 0 aliphatic carbocycles. The van der Waals surface area contributed by atoms with Crippen LogP contribution in [0.5, 0.6) is 0 Å². The summed E-state index contributed by atoms with van der Waals surface area (Å²) in [4.78, 5) is 20.2. The molecule has 0 saturated heterocycles. The van der Waals surface area contributed by atoms with E-state index in [1.807, 2.05) is 0 Å². The molecular weight excluding hydrogens is 284 g/mol. The van der Waals surface area contributed by atoms with E-state index in [1.165, 1.54) is 18.6 Å². The zero-order chi connectivity index (χ0) is 15.5. The maximum atomic E-state index is 12.1. The first-order chi connectivity index (χ1) is 10.7. The number of anilines is 1. The SMILES string of the molecule is Cc1cnc(C(=O)Nc2noc3ccc(C=NN)cc23)cn1. The van der Waals surface area contributed by atoms with Crippen molar-refractivity contribution in [2.75, 3.05) is 5.32 Å². The number of benzene rings is 1. The summed E-state index contributed by atoms with van der Waals surface area (Å²) in [6, 6.07) is 5.26. The number of aryl methyl sites for hydroxylation is 1. The third-order valence-electron chi connectivity index (χ3n) is 2.96. The molecule has 3 N–H and O–H groups in total. The molecule has 1 amide bonds. The first kappa shape index (κ1) is 13.7. The molecule has 3 rings (SSSR count). The van der Waals surface area contributed by atoms with Crippen LogP contribution in [0.3, 0.4) is 0 Å². The van der Waals surface area contributed by atoms with Crippen LogP contribution in [-0.4, -0.2) is 27.2 Å². The first-order valence-electron chi connectivity index (χ1n) is 6.40. The van der Waals surface area contributed by atoms with Gasteiger partial charge in [0.1, 0.15) is 5.69 Å². The molecule has 22 heavy (non-hydrogen) atoms. The highest BCUT2D eigenvalue weighted by atomic mass is 16.5. The summed E-state index contributed by atoms with van der Waals surface area (Å²) in [7, 11) is 0. The van der Waals surface area contributed by atoms with E-state index in [-0.39, 0.29) is 5.69 Å². The van der Waals surface area contributed by atoms with Gasteiger partial charge in [0.15, 0.2) is 11.4 Å². The van der Waals surface area contributed by atoms with E-state index in [4.69, 9.17) is 10.4 Å². The summed E-state index contributed by atoms with van der Waals surface area (Å²) >= 11 is 0. The number of hydrogen-bond acceptors (Lipinski definition) is 7. The Balaban J connectivity index is 1.91. The van der Waals surface area contributed by atoms with Crippen LogP contribution in [0, 0.1) is 6.92 Å². The number of rotatable bonds is 3. The Bertz CT molecular complexity index is 853. The monoisotopic (exact) mass is 296 g/mol. The fourth-order valence-corrected chi connectivity index (χ4v) is 1.89. The summed E-state index contributed by atoms with van der Waals surface area (Å²) in [5.74, 6) is 5.02. The van der Waals surface area contributed by atoms with Gasteiger partial charge < -0.3 is 15.7 Å². The van der Waals surface area contributed by atoms with Gasteiger partial charge in [0.2, 0.25) is 0 Å². The van der Waals surface area contributed by atoms with Crippen LogP contribution in [0.25, 0.3) is 11.0 Å². The predicted molar refractivity (Wildman–Crippen MR) is 80.5 cm³/mol. The minimum absolute atomic E-state index is 0.196. The number of hydrazone groups is 1. The van der Waals surface area contributed by atoms with Crippen LogP contribution < -0.4 is 11.2 Å².